The fourth-order valence-corrected chi connectivity index (χ4v) is 1.79. The van der Waals surface area contributed by atoms with E-state index in [0.29, 0.717) is 6.07 Å². The van der Waals surface area contributed by atoms with Crippen LogP contribution in [0.15, 0.2) is 6.07 Å². The van der Waals surface area contributed by atoms with Gasteiger partial charge in [-0.25, -0.2) is 8.78 Å². The summed E-state index contributed by atoms with van der Waals surface area (Å²) in [5.74, 6) is -11.1. The van der Waals surface area contributed by atoms with Crippen molar-refractivity contribution >= 4 is 40.9 Å². The number of ketones is 1. The maximum Gasteiger partial charge on any atom is 0.325 e. The Bertz CT molecular complexity index is 574. The Balaban J connectivity index is 3.46. The number of aliphatic carboxylic acids is 2. The average molecular weight is 313 g/mol. The molecule has 0 saturated heterocycles. The monoisotopic (exact) mass is 312 g/mol. The fraction of sp³-hybridized carbons (Fsp3) is 0.100. The summed E-state index contributed by atoms with van der Waals surface area (Å²) in [4.78, 5) is 32.9. The molecule has 0 bridgehead atoms. The van der Waals surface area contributed by atoms with Gasteiger partial charge in [-0.1, -0.05) is 23.2 Å². The molecule has 0 aromatic heterocycles. The van der Waals surface area contributed by atoms with Crippen LogP contribution in [0.1, 0.15) is 10.4 Å². The molecule has 0 fully saturated rings. The molecule has 0 heterocycles. The number of Topliss-reactive ketones (excluding diaryl/α,β-unsaturated/α-hetero) is 1. The number of carbonyl (C=O) groups excluding carboxylic acids is 1. The molecule has 0 amide bonds. The van der Waals surface area contributed by atoms with E-state index in [2.05, 4.69) is 0 Å². The van der Waals surface area contributed by atoms with E-state index in [-0.39, 0.29) is 0 Å². The van der Waals surface area contributed by atoms with Crippen molar-refractivity contribution in [3.8, 4) is 0 Å². The lowest BCUT2D eigenvalue weighted by atomic mass is 9.97. The standard InChI is InChI=1S/C10H4Cl2F2O5/c11-2-1-3(13)4(6(12)7(2)14)8(15)5(9(16)17)10(18)19/h1,5H,(H,16,17)(H,18,19). The summed E-state index contributed by atoms with van der Waals surface area (Å²) in [6.07, 6.45) is 0. The predicted octanol–water partition coefficient (Wildman–Crippen LogP) is 2.24. The van der Waals surface area contributed by atoms with E-state index in [0.717, 1.165) is 0 Å². The SMILES string of the molecule is O=C(O)C(C(=O)O)C(=O)c1c(F)cc(Cl)c(F)c1Cl. The van der Waals surface area contributed by atoms with Crippen molar-refractivity contribution in [1.82, 2.24) is 0 Å². The Kier molecular flexibility index (Phi) is 4.43. The molecule has 102 valence electrons. The van der Waals surface area contributed by atoms with E-state index in [1.54, 1.807) is 0 Å². The summed E-state index contributed by atoms with van der Waals surface area (Å²) in [5.41, 5.74) is -1.17. The molecule has 0 aliphatic rings. The molecule has 0 spiro atoms. The van der Waals surface area contributed by atoms with Crippen LogP contribution in [0, 0.1) is 17.6 Å². The van der Waals surface area contributed by atoms with Gasteiger partial charge in [0, 0.05) is 0 Å². The number of hydrogen-bond donors (Lipinski definition) is 2. The number of hydrogen-bond acceptors (Lipinski definition) is 3. The van der Waals surface area contributed by atoms with Crippen molar-refractivity contribution in [3.05, 3.63) is 33.3 Å². The third-order valence-corrected chi connectivity index (χ3v) is 2.75. The molecule has 5 nitrogen and oxygen atoms in total. The third-order valence-electron chi connectivity index (χ3n) is 2.12. The molecule has 0 saturated carbocycles. The average Bonchev–Trinajstić information content (AvgIpc) is 2.24. The molecular weight excluding hydrogens is 309 g/mol. The Hall–Kier alpha value is -1.73. The molecule has 0 radical (unpaired) electrons. The molecule has 0 aliphatic heterocycles. The minimum absolute atomic E-state index is 0.400. The van der Waals surface area contributed by atoms with E-state index < -0.39 is 50.9 Å². The van der Waals surface area contributed by atoms with Gasteiger partial charge in [0.05, 0.1) is 15.6 Å². The van der Waals surface area contributed by atoms with Gasteiger partial charge in [0.15, 0.2) is 11.6 Å². The van der Waals surface area contributed by atoms with Crippen molar-refractivity contribution in [2.75, 3.05) is 0 Å². The maximum atomic E-state index is 13.5. The highest BCUT2D eigenvalue weighted by Crippen LogP contribution is 2.30. The summed E-state index contributed by atoms with van der Waals surface area (Å²) in [6, 6.07) is 0.400. The highest BCUT2D eigenvalue weighted by Gasteiger charge is 2.38. The van der Waals surface area contributed by atoms with Crippen LogP contribution in [0.3, 0.4) is 0 Å². The molecule has 1 aromatic carbocycles. The van der Waals surface area contributed by atoms with Crippen LogP contribution in [0.4, 0.5) is 8.78 Å². The predicted molar refractivity (Wildman–Crippen MR) is 59.5 cm³/mol. The van der Waals surface area contributed by atoms with Gasteiger partial charge in [0.1, 0.15) is 5.82 Å². The maximum absolute atomic E-state index is 13.5. The molecule has 0 aliphatic carbocycles. The second-order valence-electron chi connectivity index (χ2n) is 3.32. The van der Waals surface area contributed by atoms with Gasteiger partial charge in [0.2, 0.25) is 5.92 Å². The number of benzene rings is 1. The number of carboxylic acid groups (broad SMARTS) is 2. The second-order valence-corrected chi connectivity index (χ2v) is 4.10. The lowest BCUT2D eigenvalue weighted by Crippen LogP contribution is -2.32. The van der Waals surface area contributed by atoms with E-state index in [9.17, 15) is 23.2 Å². The second kappa shape index (κ2) is 5.50. The van der Waals surface area contributed by atoms with Crippen molar-refractivity contribution in [2.45, 2.75) is 0 Å². The minimum atomic E-state index is -2.59. The molecule has 9 heteroatoms. The molecule has 0 atom stereocenters. The first kappa shape index (κ1) is 15.3. The summed E-state index contributed by atoms with van der Waals surface area (Å²) in [7, 11) is 0. The van der Waals surface area contributed by atoms with Crippen molar-refractivity contribution in [1.29, 1.82) is 0 Å². The normalized spacial score (nSPS) is 10.6. The Labute approximate surface area is 114 Å². The molecule has 1 rings (SSSR count). The van der Waals surface area contributed by atoms with Crippen LogP contribution < -0.4 is 0 Å². The highest BCUT2D eigenvalue weighted by molar-refractivity contribution is 6.38. The first-order chi connectivity index (χ1) is 8.68. The third kappa shape index (κ3) is 2.82. The minimum Gasteiger partial charge on any atom is -0.480 e. The molecule has 19 heavy (non-hydrogen) atoms. The van der Waals surface area contributed by atoms with Crippen LogP contribution in [0.2, 0.25) is 10.0 Å². The zero-order chi connectivity index (χ0) is 14.9. The topological polar surface area (TPSA) is 91.7 Å². The summed E-state index contributed by atoms with van der Waals surface area (Å²) in [6.45, 7) is 0. The quantitative estimate of drug-likeness (QED) is 0.385. The Morgan fingerprint density at radius 2 is 1.58 bits per heavy atom. The molecular formula is C10H4Cl2F2O5. The van der Waals surface area contributed by atoms with Crippen molar-refractivity contribution < 1.29 is 33.4 Å². The van der Waals surface area contributed by atoms with Crippen LogP contribution >= 0.6 is 23.2 Å². The van der Waals surface area contributed by atoms with E-state index >= 15 is 0 Å². The Morgan fingerprint density at radius 1 is 1.11 bits per heavy atom. The lowest BCUT2D eigenvalue weighted by molar-refractivity contribution is -0.151. The summed E-state index contributed by atoms with van der Waals surface area (Å²) in [5, 5.41) is 15.4. The number of carbonyl (C=O) groups is 3. The summed E-state index contributed by atoms with van der Waals surface area (Å²) >= 11 is 10.6. The van der Waals surface area contributed by atoms with E-state index in [1.807, 2.05) is 0 Å². The van der Waals surface area contributed by atoms with Crippen LogP contribution in [-0.2, 0) is 9.59 Å². The van der Waals surface area contributed by atoms with Crippen molar-refractivity contribution in [3.63, 3.8) is 0 Å². The first-order valence-corrected chi connectivity index (χ1v) is 5.26. The number of carboxylic acids is 2. The van der Waals surface area contributed by atoms with Gasteiger partial charge >= 0.3 is 11.9 Å². The zero-order valence-electron chi connectivity index (χ0n) is 8.79. The van der Waals surface area contributed by atoms with Gasteiger partial charge in [-0.2, -0.15) is 0 Å². The Morgan fingerprint density at radius 3 is 2.00 bits per heavy atom. The number of halogens is 4. The highest BCUT2D eigenvalue weighted by atomic mass is 35.5. The fourth-order valence-electron chi connectivity index (χ4n) is 1.27. The number of rotatable bonds is 4. The molecule has 1 aromatic rings. The van der Waals surface area contributed by atoms with Gasteiger partial charge in [-0.3, -0.25) is 14.4 Å². The van der Waals surface area contributed by atoms with Gasteiger partial charge < -0.3 is 10.2 Å². The van der Waals surface area contributed by atoms with Gasteiger partial charge in [-0.05, 0) is 6.07 Å². The lowest BCUT2D eigenvalue weighted by Gasteiger charge is -2.10. The van der Waals surface area contributed by atoms with Crippen LogP contribution in [0.25, 0.3) is 0 Å². The largest absolute Gasteiger partial charge is 0.480 e. The van der Waals surface area contributed by atoms with Crippen molar-refractivity contribution in [2.24, 2.45) is 5.92 Å². The van der Waals surface area contributed by atoms with Gasteiger partial charge in [-0.15, -0.1) is 0 Å². The smallest absolute Gasteiger partial charge is 0.325 e. The van der Waals surface area contributed by atoms with E-state index in [1.165, 1.54) is 0 Å². The molecule has 0 unspecified atom stereocenters. The van der Waals surface area contributed by atoms with Crippen LogP contribution in [0.5, 0.6) is 0 Å². The van der Waals surface area contributed by atoms with Gasteiger partial charge in [0.25, 0.3) is 0 Å². The zero-order valence-corrected chi connectivity index (χ0v) is 10.3. The molecule has 2 N–H and O–H groups in total. The first-order valence-electron chi connectivity index (χ1n) is 4.51. The summed E-state index contributed by atoms with van der Waals surface area (Å²) < 4.78 is 26.8. The van der Waals surface area contributed by atoms with E-state index in [4.69, 9.17) is 33.4 Å². The van der Waals surface area contributed by atoms with Crippen LogP contribution in [-0.4, -0.2) is 27.9 Å².